The van der Waals surface area contributed by atoms with Gasteiger partial charge in [-0.1, -0.05) is 19.1 Å². The average molecular weight is 349 g/mol. The quantitative estimate of drug-likeness (QED) is 0.729. The Kier molecular flexibility index (Phi) is 4.32. The van der Waals surface area contributed by atoms with E-state index in [2.05, 4.69) is 14.9 Å². The Morgan fingerprint density at radius 1 is 1.12 bits per heavy atom. The molecule has 26 heavy (non-hydrogen) atoms. The molecule has 0 aliphatic carbocycles. The zero-order valence-corrected chi connectivity index (χ0v) is 15.2. The first-order chi connectivity index (χ1) is 12.7. The summed E-state index contributed by atoms with van der Waals surface area (Å²) < 4.78 is 1.95. The van der Waals surface area contributed by atoms with Gasteiger partial charge < -0.3 is 9.80 Å². The number of hydrogen-bond donors (Lipinski definition) is 0. The van der Waals surface area contributed by atoms with Gasteiger partial charge in [-0.15, -0.1) is 0 Å². The Morgan fingerprint density at radius 3 is 2.62 bits per heavy atom. The maximum Gasteiger partial charge on any atom is 0.272 e. The van der Waals surface area contributed by atoms with E-state index in [4.69, 9.17) is 0 Å². The lowest BCUT2D eigenvalue weighted by atomic mass is 10.2. The molecule has 0 atom stereocenters. The summed E-state index contributed by atoms with van der Waals surface area (Å²) in [6.45, 7) is 7.05. The van der Waals surface area contributed by atoms with Crippen molar-refractivity contribution in [3.63, 3.8) is 0 Å². The number of piperazine rings is 1. The van der Waals surface area contributed by atoms with E-state index in [-0.39, 0.29) is 5.91 Å². The number of hydrogen-bond acceptors (Lipinski definition) is 4. The Labute approximate surface area is 153 Å². The minimum Gasteiger partial charge on any atom is -0.353 e. The lowest BCUT2D eigenvalue weighted by Gasteiger charge is -2.35. The van der Waals surface area contributed by atoms with Gasteiger partial charge in [0.15, 0.2) is 0 Å². The second kappa shape index (κ2) is 6.78. The summed E-state index contributed by atoms with van der Waals surface area (Å²) in [5, 5.41) is 0. The van der Waals surface area contributed by atoms with E-state index in [9.17, 15) is 4.79 Å². The number of nitrogens with zero attached hydrogens (tertiary/aromatic N) is 5. The Bertz CT molecular complexity index is 926. The van der Waals surface area contributed by atoms with Crippen LogP contribution in [0.2, 0.25) is 0 Å². The molecule has 0 saturated carbocycles. The first-order valence-corrected chi connectivity index (χ1v) is 9.10. The SMILES string of the molecule is CCc1nc2ccc(C)cn2c1C(=O)N1CCN(c2ccccn2)CC1. The molecule has 0 spiro atoms. The van der Waals surface area contributed by atoms with Crippen LogP contribution in [0.4, 0.5) is 5.82 Å². The van der Waals surface area contributed by atoms with Gasteiger partial charge in [-0.3, -0.25) is 9.20 Å². The first-order valence-electron chi connectivity index (χ1n) is 9.10. The topological polar surface area (TPSA) is 53.7 Å². The molecule has 1 saturated heterocycles. The molecule has 4 rings (SSSR count). The molecule has 0 N–H and O–H groups in total. The van der Waals surface area contributed by atoms with Crippen molar-refractivity contribution in [3.8, 4) is 0 Å². The van der Waals surface area contributed by atoms with Crippen molar-refractivity contribution >= 4 is 17.4 Å². The summed E-state index contributed by atoms with van der Waals surface area (Å²) in [6, 6.07) is 9.93. The third kappa shape index (κ3) is 2.92. The van der Waals surface area contributed by atoms with Gasteiger partial charge in [-0.05, 0) is 37.1 Å². The van der Waals surface area contributed by atoms with E-state index < -0.39 is 0 Å². The van der Waals surface area contributed by atoms with Crippen molar-refractivity contribution in [1.29, 1.82) is 0 Å². The van der Waals surface area contributed by atoms with Crippen molar-refractivity contribution in [2.45, 2.75) is 20.3 Å². The Balaban J connectivity index is 1.57. The third-order valence-electron chi connectivity index (χ3n) is 4.92. The number of aryl methyl sites for hydroxylation is 2. The van der Waals surface area contributed by atoms with Crippen LogP contribution < -0.4 is 4.90 Å². The van der Waals surface area contributed by atoms with E-state index in [1.165, 1.54) is 0 Å². The predicted molar refractivity (Wildman–Crippen MR) is 102 cm³/mol. The number of rotatable bonds is 3. The van der Waals surface area contributed by atoms with Crippen LogP contribution in [-0.2, 0) is 6.42 Å². The molecule has 134 valence electrons. The van der Waals surface area contributed by atoms with Crippen molar-refractivity contribution in [3.05, 3.63) is 59.7 Å². The molecule has 3 aromatic rings. The van der Waals surface area contributed by atoms with Crippen molar-refractivity contribution < 1.29 is 4.79 Å². The number of carbonyl (C=O) groups is 1. The number of carbonyl (C=O) groups excluding carboxylic acids is 1. The second-order valence-corrected chi connectivity index (χ2v) is 6.66. The fraction of sp³-hybridized carbons (Fsp3) is 0.350. The molecule has 0 bridgehead atoms. The molecule has 0 aromatic carbocycles. The molecular weight excluding hydrogens is 326 g/mol. The van der Waals surface area contributed by atoms with E-state index in [1.54, 1.807) is 6.20 Å². The van der Waals surface area contributed by atoms with Crippen LogP contribution >= 0.6 is 0 Å². The zero-order valence-electron chi connectivity index (χ0n) is 15.2. The van der Waals surface area contributed by atoms with Crippen molar-refractivity contribution in [1.82, 2.24) is 19.3 Å². The summed E-state index contributed by atoms with van der Waals surface area (Å²) in [5.74, 6) is 1.04. The highest BCUT2D eigenvalue weighted by Gasteiger charge is 2.27. The predicted octanol–water partition coefficient (Wildman–Crippen LogP) is 2.56. The number of pyridine rings is 2. The molecule has 0 radical (unpaired) electrons. The molecule has 1 aliphatic heterocycles. The molecule has 0 unspecified atom stereocenters. The highest BCUT2D eigenvalue weighted by atomic mass is 16.2. The Morgan fingerprint density at radius 2 is 1.92 bits per heavy atom. The van der Waals surface area contributed by atoms with Gasteiger partial charge in [0.05, 0.1) is 5.69 Å². The average Bonchev–Trinajstić information content (AvgIpc) is 3.06. The van der Waals surface area contributed by atoms with E-state index in [0.717, 1.165) is 42.2 Å². The number of anilines is 1. The van der Waals surface area contributed by atoms with Gasteiger partial charge in [0.2, 0.25) is 0 Å². The normalized spacial score (nSPS) is 14.8. The highest BCUT2D eigenvalue weighted by molar-refractivity contribution is 5.95. The van der Waals surface area contributed by atoms with E-state index in [0.29, 0.717) is 18.8 Å². The van der Waals surface area contributed by atoms with Gasteiger partial charge in [0.1, 0.15) is 17.2 Å². The molecule has 4 heterocycles. The minimum atomic E-state index is 0.0700. The van der Waals surface area contributed by atoms with Crippen LogP contribution in [0, 0.1) is 6.92 Å². The number of aromatic nitrogens is 3. The maximum absolute atomic E-state index is 13.2. The molecule has 1 aliphatic rings. The highest BCUT2D eigenvalue weighted by Crippen LogP contribution is 2.19. The van der Waals surface area contributed by atoms with Crippen molar-refractivity contribution in [2.75, 3.05) is 31.1 Å². The molecular formula is C20H23N5O. The van der Waals surface area contributed by atoms with Crippen LogP contribution in [0.25, 0.3) is 5.65 Å². The summed E-state index contributed by atoms with van der Waals surface area (Å²) in [4.78, 5) is 26.5. The Hall–Kier alpha value is -2.89. The standard InChI is InChI=1S/C20H23N5O/c1-3-16-19(25-14-15(2)7-8-18(25)22-16)20(26)24-12-10-23(11-13-24)17-6-4-5-9-21-17/h4-9,14H,3,10-13H2,1-2H3. The lowest BCUT2D eigenvalue weighted by molar-refractivity contribution is 0.0738. The molecule has 1 fully saturated rings. The third-order valence-corrected chi connectivity index (χ3v) is 4.92. The van der Waals surface area contributed by atoms with Crippen LogP contribution in [-0.4, -0.2) is 51.4 Å². The van der Waals surface area contributed by atoms with Gasteiger partial charge in [0, 0.05) is 38.6 Å². The van der Waals surface area contributed by atoms with Crippen LogP contribution in [0.1, 0.15) is 28.7 Å². The number of imidazole rings is 1. The summed E-state index contributed by atoms with van der Waals surface area (Å²) in [7, 11) is 0. The van der Waals surface area contributed by atoms with E-state index >= 15 is 0 Å². The van der Waals surface area contributed by atoms with Crippen LogP contribution in [0.15, 0.2) is 42.7 Å². The zero-order chi connectivity index (χ0) is 18.1. The molecule has 6 nitrogen and oxygen atoms in total. The maximum atomic E-state index is 13.2. The number of fused-ring (bicyclic) bond motifs is 1. The molecule has 1 amide bonds. The van der Waals surface area contributed by atoms with Gasteiger partial charge in [0.25, 0.3) is 5.91 Å². The van der Waals surface area contributed by atoms with Crippen LogP contribution in [0.5, 0.6) is 0 Å². The summed E-state index contributed by atoms with van der Waals surface area (Å²) in [6.07, 6.45) is 4.55. The first kappa shape index (κ1) is 16.6. The smallest absolute Gasteiger partial charge is 0.272 e. The summed E-state index contributed by atoms with van der Waals surface area (Å²) >= 11 is 0. The fourth-order valence-electron chi connectivity index (χ4n) is 3.50. The second-order valence-electron chi connectivity index (χ2n) is 6.66. The molecule has 3 aromatic heterocycles. The van der Waals surface area contributed by atoms with E-state index in [1.807, 2.05) is 59.7 Å². The summed E-state index contributed by atoms with van der Waals surface area (Å²) in [5.41, 5.74) is 3.53. The molecule has 6 heteroatoms. The minimum absolute atomic E-state index is 0.0700. The van der Waals surface area contributed by atoms with Crippen molar-refractivity contribution in [2.24, 2.45) is 0 Å². The fourth-order valence-corrected chi connectivity index (χ4v) is 3.50. The van der Waals surface area contributed by atoms with Gasteiger partial charge in [-0.25, -0.2) is 9.97 Å². The largest absolute Gasteiger partial charge is 0.353 e. The van der Waals surface area contributed by atoms with Crippen LogP contribution in [0.3, 0.4) is 0 Å². The van der Waals surface area contributed by atoms with Gasteiger partial charge in [-0.2, -0.15) is 0 Å². The van der Waals surface area contributed by atoms with Gasteiger partial charge >= 0.3 is 0 Å². The number of amides is 1. The monoisotopic (exact) mass is 349 g/mol. The lowest BCUT2D eigenvalue weighted by Crippen LogP contribution is -2.49.